The minimum absolute atomic E-state index is 0.0912. The van der Waals surface area contributed by atoms with E-state index in [-0.39, 0.29) is 11.1 Å². The lowest BCUT2D eigenvalue weighted by Crippen LogP contribution is -2.19. The smallest absolute Gasteiger partial charge is 0.391 e. The predicted octanol–water partition coefficient (Wildman–Crippen LogP) is 1.69. The zero-order valence-electron chi connectivity index (χ0n) is 8.48. The van der Waals surface area contributed by atoms with E-state index in [0.717, 1.165) is 6.07 Å². The average Bonchev–Trinajstić information content (AvgIpc) is 2.14. The van der Waals surface area contributed by atoms with E-state index in [4.69, 9.17) is 5.11 Å². The first-order valence-electron chi connectivity index (χ1n) is 4.26. The second-order valence-corrected chi connectivity index (χ2v) is 3.04. The van der Waals surface area contributed by atoms with E-state index >= 15 is 0 Å². The fraction of sp³-hybridized carbons (Fsp3) is 0.375. The van der Waals surface area contributed by atoms with E-state index in [0.29, 0.717) is 0 Å². The zero-order chi connectivity index (χ0) is 13.2. The Bertz CT molecular complexity index is 447. The molecule has 94 valence electrons. The van der Waals surface area contributed by atoms with Gasteiger partial charge in [0.15, 0.2) is 0 Å². The van der Waals surface area contributed by atoms with Crippen LogP contribution in [0.25, 0.3) is 0 Å². The molecule has 9 heteroatoms. The molecule has 1 heterocycles. The van der Waals surface area contributed by atoms with E-state index in [9.17, 15) is 23.3 Å². The molecule has 0 spiro atoms. The first kappa shape index (κ1) is 13.2. The van der Waals surface area contributed by atoms with Crippen LogP contribution < -0.4 is 4.74 Å². The fourth-order valence-electron chi connectivity index (χ4n) is 1.13. The van der Waals surface area contributed by atoms with Crippen molar-refractivity contribution in [3.63, 3.8) is 0 Å². The number of nitrogens with zero attached hydrogens (tertiary/aromatic N) is 2. The maximum Gasteiger partial charge on any atom is 0.575 e. The van der Waals surface area contributed by atoms with Gasteiger partial charge in [-0.05, 0) is 17.4 Å². The van der Waals surface area contributed by atoms with Gasteiger partial charge in [0, 0.05) is 11.1 Å². The van der Waals surface area contributed by atoms with Crippen molar-refractivity contribution in [3.8, 4) is 5.88 Å². The molecule has 0 fully saturated rings. The van der Waals surface area contributed by atoms with Crippen LogP contribution in [0.4, 0.5) is 19.0 Å². The number of aliphatic hydroxyl groups is 1. The van der Waals surface area contributed by atoms with Crippen LogP contribution in [-0.4, -0.2) is 21.4 Å². The van der Waals surface area contributed by atoms with Crippen molar-refractivity contribution in [1.29, 1.82) is 0 Å². The summed E-state index contributed by atoms with van der Waals surface area (Å²) < 4.78 is 39.5. The van der Waals surface area contributed by atoms with E-state index in [2.05, 4.69) is 9.72 Å². The quantitative estimate of drug-likeness (QED) is 0.653. The Morgan fingerprint density at radius 1 is 1.59 bits per heavy atom. The van der Waals surface area contributed by atoms with Gasteiger partial charge in [-0.3, -0.25) is 0 Å². The SMILES string of the molecule is Cc1cc([N+](=O)[O-])nc(OC(F)(F)F)c1CO. The molecule has 0 unspecified atom stereocenters. The van der Waals surface area contributed by atoms with E-state index < -0.39 is 29.6 Å². The summed E-state index contributed by atoms with van der Waals surface area (Å²) in [5.74, 6) is -1.79. The van der Waals surface area contributed by atoms with Gasteiger partial charge in [0.2, 0.25) is 0 Å². The summed E-state index contributed by atoms with van der Waals surface area (Å²) in [4.78, 5) is 12.6. The van der Waals surface area contributed by atoms with Gasteiger partial charge in [-0.1, -0.05) is 0 Å². The number of nitro groups is 1. The molecule has 1 N–H and O–H groups in total. The number of aryl methyl sites for hydroxylation is 1. The van der Waals surface area contributed by atoms with Gasteiger partial charge in [0.25, 0.3) is 0 Å². The Labute approximate surface area is 92.8 Å². The van der Waals surface area contributed by atoms with Gasteiger partial charge in [-0.25, -0.2) is 0 Å². The van der Waals surface area contributed by atoms with Crippen molar-refractivity contribution in [2.75, 3.05) is 0 Å². The number of hydrogen-bond donors (Lipinski definition) is 1. The Hall–Kier alpha value is -1.90. The van der Waals surface area contributed by atoms with Crippen LogP contribution in [0.15, 0.2) is 6.07 Å². The van der Waals surface area contributed by atoms with Crippen LogP contribution in [0.3, 0.4) is 0 Å². The van der Waals surface area contributed by atoms with Crippen LogP contribution in [0.2, 0.25) is 0 Å². The van der Waals surface area contributed by atoms with Gasteiger partial charge in [0.05, 0.1) is 12.2 Å². The number of aromatic nitrogens is 1. The van der Waals surface area contributed by atoms with Gasteiger partial charge in [0.1, 0.15) is 0 Å². The molecule has 17 heavy (non-hydrogen) atoms. The summed E-state index contributed by atoms with van der Waals surface area (Å²) in [6, 6.07) is 0.953. The van der Waals surface area contributed by atoms with Crippen molar-refractivity contribution in [2.24, 2.45) is 0 Å². The fourth-order valence-corrected chi connectivity index (χ4v) is 1.13. The van der Waals surface area contributed by atoms with Gasteiger partial charge < -0.3 is 20.0 Å². The molecular weight excluding hydrogens is 245 g/mol. The number of pyridine rings is 1. The first-order valence-corrected chi connectivity index (χ1v) is 4.26. The molecule has 1 rings (SSSR count). The Balaban J connectivity index is 3.29. The maximum atomic E-state index is 12.0. The molecule has 1 aromatic heterocycles. The Morgan fingerprint density at radius 2 is 2.18 bits per heavy atom. The molecule has 0 saturated heterocycles. The van der Waals surface area contributed by atoms with Crippen LogP contribution in [0.1, 0.15) is 11.1 Å². The molecule has 6 nitrogen and oxygen atoms in total. The summed E-state index contributed by atoms with van der Waals surface area (Å²) in [5.41, 5.74) is -0.152. The molecule has 0 aliphatic carbocycles. The summed E-state index contributed by atoms with van der Waals surface area (Å²) in [5, 5.41) is 19.3. The largest absolute Gasteiger partial charge is 0.575 e. The van der Waals surface area contributed by atoms with Crippen LogP contribution in [0, 0.1) is 17.0 Å². The minimum atomic E-state index is -5.03. The lowest BCUT2D eigenvalue weighted by atomic mass is 10.1. The van der Waals surface area contributed by atoms with Gasteiger partial charge in [-0.2, -0.15) is 0 Å². The monoisotopic (exact) mass is 252 g/mol. The van der Waals surface area contributed by atoms with Crippen molar-refractivity contribution in [1.82, 2.24) is 4.98 Å². The third kappa shape index (κ3) is 3.28. The van der Waals surface area contributed by atoms with Crippen LogP contribution in [0.5, 0.6) is 5.88 Å². The topological polar surface area (TPSA) is 85.5 Å². The number of alkyl halides is 3. The standard InChI is InChI=1S/C8H7F3N2O4/c1-4-2-6(13(15)16)12-7(5(4)3-14)17-8(9,10)11/h2,14H,3H2,1H3. The molecule has 0 bridgehead atoms. The van der Waals surface area contributed by atoms with Crippen LogP contribution in [-0.2, 0) is 6.61 Å². The zero-order valence-corrected chi connectivity index (χ0v) is 8.48. The van der Waals surface area contributed by atoms with E-state index in [1.807, 2.05) is 0 Å². The summed E-state index contributed by atoms with van der Waals surface area (Å²) in [7, 11) is 0. The molecule has 0 amide bonds. The number of halogens is 3. The molecule has 0 aliphatic heterocycles. The molecule has 0 atom stereocenters. The summed E-state index contributed by atoms with van der Waals surface area (Å²) >= 11 is 0. The molecule has 0 aromatic carbocycles. The molecular formula is C8H7F3N2O4. The molecule has 0 aliphatic rings. The lowest BCUT2D eigenvalue weighted by molar-refractivity contribution is -0.390. The molecule has 1 aromatic rings. The first-order chi connectivity index (χ1) is 7.74. The summed E-state index contributed by atoms with van der Waals surface area (Å²) in [6.07, 6.45) is -5.03. The predicted molar refractivity (Wildman–Crippen MR) is 48.2 cm³/mol. The van der Waals surface area contributed by atoms with E-state index in [1.54, 1.807) is 0 Å². The normalized spacial score (nSPS) is 11.4. The second-order valence-electron chi connectivity index (χ2n) is 3.04. The minimum Gasteiger partial charge on any atom is -0.391 e. The third-order valence-electron chi connectivity index (χ3n) is 1.85. The number of ether oxygens (including phenoxy) is 1. The highest BCUT2D eigenvalue weighted by atomic mass is 19.4. The average molecular weight is 252 g/mol. The summed E-state index contributed by atoms with van der Waals surface area (Å²) in [6.45, 7) is 0.547. The van der Waals surface area contributed by atoms with Crippen LogP contribution >= 0.6 is 0 Å². The number of rotatable bonds is 3. The van der Waals surface area contributed by atoms with Crippen molar-refractivity contribution >= 4 is 5.82 Å². The van der Waals surface area contributed by atoms with E-state index in [1.165, 1.54) is 6.92 Å². The maximum absolute atomic E-state index is 12.0. The van der Waals surface area contributed by atoms with Crippen molar-refractivity contribution in [3.05, 3.63) is 27.3 Å². The van der Waals surface area contributed by atoms with Crippen molar-refractivity contribution < 1.29 is 27.9 Å². The number of aliphatic hydroxyl groups excluding tert-OH is 1. The van der Waals surface area contributed by atoms with Gasteiger partial charge >= 0.3 is 18.1 Å². The second kappa shape index (κ2) is 4.53. The molecule has 0 saturated carbocycles. The lowest BCUT2D eigenvalue weighted by Gasteiger charge is -2.09. The highest BCUT2D eigenvalue weighted by molar-refractivity contribution is 5.40. The van der Waals surface area contributed by atoms with Gasteiger partial charge in [-0.15, -0.1) is 13.2 Å². The Morgan fingerprint density at radius 3 is 2.59 bits per heavy atom. The van der Waals surface area contributed by atoms with Crippen molar-refractivity contribution in [2.45, 2.75) is 19.9 Å². The highest BCUT2D eigenvalue weighted by Crippen LogP contribution is 2.29. The number of hydrogen-bond acceptors (Lipinski definition) is 5. The Kier molecular flexibility index (Phi) is 3.51. The molecule has 0 radical (unpaired) electrons. The third-order valence-corrected chi connectivity index (χ3v) is 1.85. The highest BCUT2D eigenvalue weighted by Gasteiger charge is 2.36.